The number of hydrogen-bond acceptors (Lipinski definition) is 8. The van der Waals surface area contributed by atoms with Crippen LogP contribution in [-0.4, -0.2) is 75.0 Å². The van der Waals surface area contributed by atoms with Crippen LogP contribution >= 0.6 is 11.6 Å². The summed E-state index contributed by atoms with van der Waals surface area (Å²) in [6.45, 7) is 5.07. The summed E-state index contributed by atoms with van der Waals surface area (Å²) >= 11 is 6.45. The molecule has 36 heavy (non-hydrogen) atoms. The van der Waals surface area contributed by atoms with Crippen LogP contribution in [0.4, 0.5) is 20.7 Å². The van der Waals surface area contributed by atoms with Gasteiger partial charge in [0.05, 0.1) is 41.6 Å². The molecule has 0 spiro atoms. The standard InChI is InChI=1S/C24H27ClF2N6O3/c1-11(2)33-17-6-12(5-15(27)21(17)31-24(33)32-4-3-13(26)9-32)20-14(25)8-28-23(30-20)29-16-7-19-35-10-18(36-19)22(16)34/h5-6,8,11,13,16,18-19,22,34H,3-4,7,9-10H2,1-2H3,(H,28,29,30)/t13-,16-,18+,19+,22+/m1/s1. The molecular weight excluding hydrogens is 494 g/mol. The molecule has 192 valence electrons. The van der Waals surface area contributed by atoms with E-state index in [1.807, 2.05) is 23.3 Å². The van der Waals surface area contributed by atoms with Crippen molar-refractivity contribution in [2.24, 2.45) is 0 Å². The first-order valence-electron chi connectivity index (χ1n) is 12.1. The second-order valence-electron chi connectivity index (χ2n) is 9.84. The molecule has 0 radical (unpaired) electrons. The number of halogens is 3. The Morgan fingerprint density at radius 3 is 2.86 bits per heavy atom. The molecule has 0 saturated carbocycles. The van der Waals surface area contributed by atoms with Gasteiger partial charge in [-0.15, -0.1) is 0 Å². The molecule has 3 aliphatic heterocycles. The lowest BCUT2D eigenvalue weighted by Crippen LogP contribution is -2.48. The number of imidazole rings is 1. The van der Waals surface area contributed by atoms with Crippen molar-refractivity contribution in [1.29, 1.82) is 0 Å². The predicted octanol–water partition coefficient (Wildman–Crippen LogP) is 3.70. The number of aromatic nitrogens is 4. The summed E-state index contributed by atoms with van der Waals surface area (Å²) in [7, 11) is 0. The van der Waals surface area contributed by atoms with Gasteiger partial charge in [0.15, 0.2) is 12.1 Å². The lowest BCUT2D eigenvalue weighted by Gasteiger charge is -2.32. The van der Waals surface area contributed by atoms with Crippen molar-refractivity contribution < 1.29 is 23.4 Å². The third-order valence-electron chi connectivity index (χ3n) is 7.00. The maximum Gasteiger partial charge on any atom is 0.223 e. The molecule has 3 fully saturated rings. The van der Waals surface area contributed by atoms with Crippen LogP contribution < -0.4 is 10.2 Å². The molecule has 5 heterocycles. The van der Waals surface area contributed by atoms with Gasteiger partial charge in [-0.05, 0) is 32.4 Å². The minimum absolute atomic E-state index is 0.0380. The Labute approximate surface area is 211 Å². The smallest absolute Gasteiger partial charge is 0.223 e. The highest BCUT2D eigenvalue weighted by molar-refractivity contribution is 6.33. The van der Waals surface area contributed by atoms with E-state index in [1.54, 1.807) is 6.07 Å². The summed E-state index contributed by atoms with van der Waals surface area (Å²) in [5, 5.41) is 14.0. The Hall–Kier alpha value is -2.60. The van der Waals surface area contributed by atoms with Gasteiger partial charge in [0.25, 0.3) is 0 Å². The third kappa shape index (κ3) is 4.07. The van der Waals surface area contributed by atoms with Crippen LogP contribution in [0.1, 0.15) is 32.7 Å². The second kappa shape index (κ2) is 9.05. The van der Waals surface area contributed by atoms with Gasteiger partial charge in [0.2, 0.25) is 11.9 Å². The van der Waals surface area contributed by atoms with Crippen LogP contribution in [0.5, 0.6) is 0 Å². The number of nitrogens with one attached hydrogen (secondary N) is 1. The zero-order chi connectivity index (χ0) is 25.1. The number of rotatable bonds is 5. The van der Waals surface area contributed by atoms with Gasteiger partial charge in [-0.3, -0.25) is 0 Å². The van der Waals surface area contributed by atoms with Crippen molar-refractivity contribution in [1.82, 2.24) is 19.5 Å². The maximum atomic E-state index is 15.4. The Bertz CT molecular complexity index is 1310. The van der Waals surface area contributed by atoms with Crippen LogP contribution in [0.25, 0.3) is 22.3 Å². The number of alkyl halides is 1. The summed E-state index contributed by atoms with van der Waals surface area (Å²) < 4.78 is 42.3. The molecule has 6 rings (SSSR count). The lowest BCUT2D eigenvalue weighted by molar-refractivity contribution is -0.123. The summed E-state index contributed by atoms with van der Waals surface area (Å²) in [5.74, 6) is 0.291. The molecule has 2 bridgehead atoms. The van der Waals surface area contributed by atoms with Gasteiger partial charge < -0.3 is 29.4 Å². The zero-order valence-corrected chi connectivity index (χ0v) is 20.6. The van der Waals surface area contributed by atoms with Crippen LogP contribution in [0.2, 0.25) is 5.02 Å². The zero-order valence-electron chi connectivity index (χ0n) is 19.9. The van der Waals surface area contributed by atoms with Crippen molar-refractivity contribution in [2.45, 2.75) is 63.4 Å². The van der Waals surface area contributed by atoms with Gasteiger partial charge in [-0.25, -0.2) is 23.7 Å². The van der Waals surface area contributed by atoms with Crippen LogP contribution in [0.3, 0.4) is 0 Å². The van der Waals surface area contributed by atoms with Crippen LogP contribution in [0, 0.1) is 5.82 Å². The highest BCUT2D eigenvalue weighted by Crippen LogP contribution is 2.36. The quantitative estimate of drug-likeness (QED) is 0.525. The second-order valence-corrected chi connectivity index (χ2v) is 10.2. The normalized spacial score (nSPS) is 28.0. The summed E-state index contributed by atoms with van der Waals surface area (Å²) in [5.41, 5.74) is 1.60. The van der Waals surface area contributed by atoms with E-state index < -0.39 is 24.2 Å². The van der Waals surface area contributed by atoms with Crippen molar-refractivity contribution in [3.05, 3.63) is 29.2 Å². The molecule has 0 aliphatic carbocycles. The minimum atomic E-state index is -0.924. The molecular formula is C24H27ClF2N6O3. The molecule has 12 heteroatoms. The largest absolute Gasteiger partial charge is 0.388 e. The van der Waals surface area contributed by atoms with Crippen molar-refractivity contribution in [3.8, 4) is 11.3 Å². The molecule has 0 amide bonds. The van der Waals surface area contributed by atoms with Crippen molar-refractivity contribution in [2.75, 3.05) is 29.9 Å². The third-order valence-corrected chi connectivity index (χ3v) is 7.28. The molecule has 5 atom stereocenters. The number of benzene rings is 1. The first-order chi connectivity index (χ1) is 17.3. The van der Waals surface area contributed by atoms with E-state index in [1.165, 1.54) is 12.3 Å². The van der Waals surface area contributed by atoms with Gasteiger partial charge in [-0.2, -0.15) is 0 Å². The number of aliphatic hydroxyl groups is 1. The average molecular weight is 521 g/mol. The number of fused-ring (bicyclic) bond motifs is 3. The first-order valence-corrected chi connectivity index (χ1v) is 12.5. The molecule has 1 aromatic carbocycles. The van der Waals surface area contributed by atoms with Gasteiger partial charge >= 0.3 is 0 Å². The maximum absolute atomic E-state index is 15.4. The number of anilines is 2. The number of aliphatic hydroxyl groups excluding tert-OH is 1. The number of nitrogens with zero attached hydrogens (tertiary/aromatic N) is 5. The SMILES string of the molecule is CC(C)n1c(N2CC[C@@H](F)C2)nc2c(F)cc(-c3nc(N[C@@H]4C[C@H]5OC[C@H](O5)[C@H]4O)ncc3Cl)cc21. The Morgan fingerprint density at radius 2 is 2.11 bits per heavy atom. The fourth-order valence-electron chi connectivity index (χ4n) is 5.24. The molecule has 3 saturated heterocycles. The van der Waals surface area contributed by atoms with Crippen molar-refractivity contribution >= 4 is 34.5 Å². The number of hydrogen-bond donors (Lipinski definition) is 2. The Morgan fingerprint density at radius 1 is 1.28 bits per heavy atom. The summed E-state index contributed by atoms with van der Waals surface area (Å²) in [6, 6.07) is 2.74. The molecule has 3 aliphatic rings. The lowest BCUT2D eigenvalue weighted by atomic mass is 10.0. The monoisotopic (exact) mass is 520 g/mol. The van der Waals surface area contributed by atoms with E-state index in [0.717, 1.165) is 0 Å². The summed E-state index contributed by atoms with van der Waals surface area (Å²) in [6.07, 6.45) is -0.183. The first kappa shape index (κ1) is 23.8. The van der Waals surface area contributed by atoms with Gasteiger partial charge in [-0.1, -0.05) is 11.6 Å². The molecule has 9 nitrogen and oxygen atoms in total. The van der Waals surface area contributed by atoms with Gasteiger partial charge in [0, 0.05) is 24.6 Å². The average Bonchev–Trinajstić information content (AvgIpc) is 3.55. The Kier molecular flexibility index (Phi) is 5.98. The van der Waals surface area contributed by atoms with E-state index in [4.69, 9.17) is 21.1 Å². The van der Waals surface area contributed by atoms with E-state index >= 15 is 4.39 Å². The fourth-order valence-corrected chi connectivity index (χ4v) is 5.44. The van der Waals surface area contributed by atoms with E-state index in [0.29, 0.717) is 48.7 Å². The highest BCUT2D eigenvalue weighted by Gasteiger charge is 2.43. The summed E-state index contributed by atoms with van der Waals surface area (Å²) in [4.78, 5) is 15.2. The predicted molar refractivity (Wildman–Crippen MR) is 130 cm³/mol. The van der Waals surface area contributed by atoms with Crippen LogP contribution in [-0.2, 0) is 9.47 Å². The van der Waals surface area contributed by atoms with E-state index in [9.17, 15) is 9.50 Å². The number of ether oxygens (including phenoxy) is 2. The van der Waals surface area contributed by atoms with Crippen LogP contribution in [0.15, 0.2) is 18.3 Å². The fraction of sp³-hybridized carbons (Fsp3) is 0.542. The molecule has 0 unspecified atom stereocenters. The molecule has 2 aromatic heterocycles. The van der Waals surface area contributed by atoms with Crippen molar-refractivity contribution in [3.63, 3.8) is 0 Å². The highest BCUT2D eigenvalue weighted by atomic mass is 35.5. The minimum Gasteiger partial charge on any atom is -0.388 e. The Balaban J connectivity index is 1.37. The van der Waals surface area contributed by atoms with E-state index in [-0.39, 0.29) is 41.4 Å². The van der Waals surface area contributed by atoms with Gasteiger partial charge in [0.1, 0.15) is 23.9 Å². The molecule has 2 N–H and O–H groups in total. The van der Waals surface area contributed by atoms with E-state index in [2.05, 4.69) is 20.3 Å². The topological polar surface area (TPSA) is 97.6 Å². The molecule has 3 aromatic rings.